The number of ether oxygens (including phenoxy) is 2. The Labute approximate surface area is 148 Å². The van der Waals surface area contributed by atoms with Crippen LogP contribution in [-0.2, 0) is 19.1 Å². The summed E-state index contributed by atoms with van der Waals surface area (Å²) in [7, 11) is 3.95. The van der Waals surface area contributed by atoms with Crippen molar-refractivity contribution in [3.05, 3.63) is 0 Å². The Bertz CT molecular complexity index is 344. The summed E-state index contributed by atoms with van der Waals surface area (Å²) in [6.45, 7) is 6.79. The minimum atomic E-state index is -0.386. The monoisotopic (exact) mass is 343 g/mol. The topological polar surface area (TPSA) is 55.8 Å². The van der Waals surface area contributed by atoms with E-state index in [1.54, 1.807) is 6.92 Å². The first-order valence-corrected chi connectivity index (χ1v) is 9.37. The predicted molar refractivity (Wildman–Crippen MR) is 96.8 cm³/mol. The Morgan fingerprint density at radius 3 is 2.25 bits per heavy atom. The van der Waals surface area contributed by atoms with E-state index in [9.17, 15) is 9.59 Å². The maximum absolute atomic E-state index is 11.9. The van der Waals surface area contributed by atoms with E-state index in [-0.39, 0.29) is 30.6 Å². The van der Waals surface area contributed by atoms with E-state index in [0.717, 1.165) is 25.8 Å². The van der Waals surface area contributed by atoms with E-state index >= 15 is 0 Å². The molecule has 0 aliphatic rings. The number of esters is 2. The molecule has 5 heteroatoms. The second-order valence-corrected chi connectivity index (χ2v) is 6.94. The van der Waals surface area contributed by atoms with Crippen molar-refractivity contribution in [2.24, 2.45) is 5.92 Å². The van der Waals surface area contributed by atoms with Gasteiger partial charge in [-0.25, -0.2) is 0 Å². The zero-order valence-electron chi connectivity index (χ0n) is 16.3. The van der Waals surface area contributed by atoms with Crippen LogP contribution < -0.4 is 0 Å². The van der Waals surface area contributed by atoms with E-state index in [0.29, 0.717) is 6.42 Å². The maximum atomic E-state index is 11.9. The molecular formula is C19H37NO4. The molecule has 0 aromatic carbocycles. The third kappa shape index (κ3) is 13.3. The van der Waals surface area contributed by atoms with E-state index in [4.69, 9.17) is 9.47 Å². The predicted octanol–water partition coefficient (Wildman–Crippen LogP) is 3.80. The largest absolute Gasteiger partial charge is 0.462 e. The Kier molecular flexibility index (Phi) is 13.6. The first kappa shape index (κ1) is 22.9. The van der Waals surface area contributed by atoms with Crippen molar-refractivity contribution < 1.29 is 19.1 Å². The standard InChI is InChI=1S/C19H37NO4/c1-6-7-8-9-10-11-12-18(21)24-17(3)15-23-19(22)16(2)13-14-20(4)5/h16-17H,6-15H2,1-5H3. The van der Waals surface area contributed by atoms with E-state index in [1.165, 1.54) is 25.7 Å². The highest BCUT2D eigenvalue weighted by atomic mass is 16.6. The van der Waals surface area contributed by atoms with Gasteiger partial charge in [0.05, 0.1) is 5.92 Å². The van der Waals surface area contributed by atoms with Crippen LogP contribution >= 0.6 is 0 Å². The molecule has 0 aliphatic carbocycles. The minimum Gasteiger partial charge on any atom is -0.462 e. The third-order valence-electron chi connectivity index (χ3n) is 3.94. The SMILES string of the molecule is CCCCCCCCC(=O)OC(C)COC(=O)C(C)CCN(C)C. The summed E-state index contributed by atoms with van der Waals surface area (Å²) in [5.41, 5.74) is 0. The average molecular weight is 344 g/mol. The van der Waals surface area contributed by atoms with Crippen LogP contribution in [0.15, 0.2) is 0 Å². The van der Waals surface area contributed by atoms with Crippen LogP contribution in [0.25, 0.3) is 0 Å². The second-order valence-electron chi connectivity index (χ2n) is 6.94. The van der Waals surface area contributed by atoms with Crippen molar-refractivity contribution in [3.63, 3.8) is 0 Å². The molecule has 0 radical (unpaired) electrons. The average Bonchev–Trinajstić information content (AvgIpc) is 2.53. The normalized spacial score (nSPS) is 13.6. The van der Waals surface area contributed by atoms with Crippen molar-refractivity contribution in [2.75, 3.05) is 27.2 Å². The third-order valence-corrected chi connectivity index (χ3v) is 3.94. The molecule has 5 nitrogen and oxygen atoms in total. The molecule has 0 amide bonds. The smallest absolute Gasteiger partial charge is 0.308 e. The molecule has 0 heterocycles. The van der Waals surface area contributed by atoms with E-state index in [1.807, 2.05) is 25.9 Å². The number of nitrogens with zero attached hydrogens (tertiary/aromatic N) is 1. The number of unbranched alkanes of at least 4 members (excludes halogenated alkanes) is 5. The lowest BCUT2D eigenvalue weighted by atomic mass is 10.1. The fraction of sp³-hybridized carbons (Fsp3) is 0.895. The summed E-state index contributed by atoms with van der Waals surface area (Å²) in [5.74, 6) is -0.566. The molecule has 2 unspecified atom stereocenters. The number of rotatable bonds is 14. The quantitative estimate of drug-likeness (QED) is 0.355. The molecule has 0 spiro atoms. The van der Waals surface area contributed by atoms with E-state index in [2.05, 4.69) is 6.92 Å². The molecule has 0 saturated carbocycles. The van der Waals surface area contributed by atoms with Crippen molar-refractivity contribution in [3.8, 4) is 0 Å². The van der Waals surface area contributed by atoms with Gasteiger partial charge in [0.2, 0.25) is 0 Å². The molecule has 0 aliphatic heterocycles. The van der Waals surface area contributed by atoms with Gasteiger partial charge < -0.3 is 14.4 Å². The Hall–Kier alpha value is -1.10. The Morgan fingerprint density at radius 2 is 1.62 bits per heavy atom. The van der Waals surface area contributed by atoms with Gasteiger partial charge in [-0.1, -0.05) is 46.0 Å². The number of carbonyl (C=O) groups excluding carboxylic acids is 2. The van der Waals surface area contributed by atoms with Gasteiger partial charge >= 0.3 is 11.9 Å². The first-order valence-electron chi connectivity index (χ1n) is 9.37. The van der Waals surface area contributed by atoms with Crippen LogP contribution in [0.5, 0.6) is 0 Å². The van der Waals surface area contributed by atoms with Crippen LogP contribution in [0.3, 0.4) is 0 Å². The highest BCUT2D eigenvalue weighted by Crippen LogP contribution is 2.09. The van der Waals surface area contributed by atoms with E-state index < -0.39 is 0 Å². The van der Waals surface area contributed by atoms with Crippen molar-refractivity contribution >= 4 is 11.9 Å². The van der Waals surface area contributed by atoms with Crippen LogP contribution in [0, 0.1) is 5.92 Å². The number of hydrogen-bond donors (Lipinski definition) is 0. The molecule has 0 aromatic rings. The number of carbonyl (C=O) groups is 2. The van der Waals surface area contributed by atoms with Gasteiger partial charge in [-0.05, 0) is 40.4 Å². The van der Waals surface area contributed by atoms with Crippen LogP contribution in [-0.4, -0.2) is 50.2 Å². The molecule has 0 bridgehead atoms. The van der Waals surface area contributed by atoms with Gasteiger partial charge in [-0.2, -0.15) is 0 Å². The fourth-order valence-electron chi connectivity index (χ4n) is 2.28. The van der Waals surface area contributed by atoms with Gasteiger partial charge in [-0.3, -0.25) is 9.59 Å². The minimum absolute atomic E-state index is 0.132. The highest BCUT2D eigenvalue weighted by Gasteiger charge is 2.17. The summed E-state index contributed by atoms with van der Waals surface area (Å²) in [6.07, 6.45) is 7.68. The highest BCUT2D eigenvalue weighted by molar-refractivity contribution is 5.72. The zero-order chi connectivity index (χ0) is 18.4. The summed E-state index contributed by atoms with van der Waals surface area (Å²) in [4.78, 5) is 25.6. The molecule has 0 fully saturated rings. The second kappa shape index (κ2) is 14.3. The molecule has 0 aromatic heterocycles. The summed E-state index contributed by atoms with van der Waals surface area (Å²) >= 11 is 0. The van der Waals surface area contributed by atoms with Gasteiger partial charge in [0.1, 0.15) is 12.7 Å². The summed E-state index contributed by atoms with van der Waals surface area (Å²) in [5, 5.41) is 0. The lowest BCUT2D eigenvalue weighted by Crippen LogP contribution is -2.26. The zero-order valence-corrected chi connectivity index (χ0v) is 16.3. The van der Waals surface area contributed by atoms with Gasteiger partial charge in [-0.15, -0.1) is 0 Å². The molecule has 0 rings (SSSR count). The lowest BCUT2D eigenvalue weighted by molar-refractivity contribution is -0.160. The first-order chi connectivity index (χ1) is 11.4. The van der Waals surface area contributed by atoms with Crippen molar-refractivity contribution in [2.45, 2.75) is 78.2 Å². The van der Waals surface area contributed by atoms with Crippen LogP contribution in [0.1, 0.15) is 72.1 Å². The lowest BCUT2D eigenvalue weighted by Gasteiger charge is -2.17. The molecular weight excluding hydrogens is 306 g/mol. The van der Waals surface area contributed by atoms with Crippen LogP contribution in [0.2, 0.25) is 0 Å². The molecule has 24 heavy (non-hydrogen) atoms. The summed E-state index contributed by atoms with van der Waals surface area (Å²) in [6, 6.07) is 0. The molecule has 0 N–H and O–H groups in total. The van der Waals surface area contributed by atoms with Gasteiger partial charge in [0.15, 0.2) is 0 Å². The molecule has 142 valence electrons. The molecule has 2 atom stereocenters. The Balaban J connectivity index is 3.74. The maximum Gasteiger partial charge on any atom is 0.308 e. The van der Waals surface area contributed by atoms with Gasteiger partial charge in [0.25, 0.3) is 0 Å². The number of hydrogen-bond acceptors (Lipinski definition) is 5. The van der Waals surface area contributed by atoms with Gasteiger partial charge in [0, 0.05) is 6.42 Å². The summed E-state index contributed by atoms with van der Waals surface area (Å²) < 4.78 is 10.5. The fourth-order valence-corrected chi connectivity index (χ4v) is 2.28. The van der Waals surface area contributed by atoms with Crippen molar-refractivity contribution in [1.29, 1.82) is 0 Å². The van der Waals surface area contributed by atoms with Crippen LogP contribution in [0.4, 0.5) is 0 Å². The van der Waals surface area contributed by atoms with Crippen molar-refractivity contribution in [1.82, 2.24) is 4.90 Å². The molecule has 0 saturated heterocycles. The Morgan fingerprint density at radius 1 is 1.00 bits per heavy atom.